The quantitative estimate of drug-likeness (QED) is 0.758. The van der Waals surface area contributed by atoms with Gasteiger partial charge in [-0.3, -0.25) is 4.79 Å². The van der Waals surface area contributed by atoms with Gasteiger partial charge in [0.1, 0.15) is 0 Å². The second kappa shape index (κ2) is 8.51. The second-order valence-electron chi connectivity index (χ2n) is 5.95. The highest BCUT2D eigenvalue weighted by molar-refractivity contribution is 7.98. The number of rotatable bonds is 7. The maximum absolute atomic E-state index is 12.2. The molecule has 0 radical (unpaired) electrons. The van der Waals surface area contributed by atoms with Crippen LogP contribution in [0.5, 0.6) is 0 Å². The van der Waals surface area contributed by atoms with Gasteiger partial charge in [0.15, 0.2) is 0 Å². The number of urea groups is 1. The molecule has 0 bridgehead atoms. The number of carbonyl (C=O) groups excluding carboxylic acids is 1. The minimum atomic E-state index is -0.710. The van der Waals surface area contributed by atoms with Crippen molar-refractivity contribution in [2.45, 2.75) is 52.0 Å². The molecule has 1 rings (SSSR count). The Hall–Kier alpha value is -0.910. The first-order chi connectivity index (χ1) is 9.95. The lowest BCUT2D eigenvalue weighted by molar-refractivity contribution is -0.152. The fraction of sp³-hybridized carbons (Fsp3) is 0.867. The highest BCUT2D eigenvalue weighted by Crippen LogP contribution is 2.36. The van der Waals surface area contributed by atoms with E-state index < -0.39 is 11.4 Å². The van der Waals surface area contributed by atoms with E-state index >= 15 is 0 Å². The van der Waals surface area contributed by atoms with Gasteiger partial charge in [-0.05, 0) is 44.6 Å². The molecule has 6 heteroatoms. The largest absolute Gasteiger partial charge is 0.481 e. The monoisotopic (exact) mass is 316 g/mol. The maximum atomic E-state index is 12.2. The molecule has 0 aromatic rings. The third kappa shape index (κ3) is 5.09. The number of nitrogens with one attached hydrogen (secondary N) is 1. The molecule has 2 N–H and O–H groups in total. The van der Waals surface area contributed by atoms with Crippen molar-refractivity contribution in [2.75, 3.05) is 25.1 Å². The van der Waals surface area contributed by atoms with Crippen LogP contribution in [-0.2, 0) is 4.79 Å². The molecule has 0 spiro atoms. The number of amides is 2. The van der Waals surface area contributed by atoms with Gasteiger partial charge >= 0.3 is 12.0 Å². The molecule has 1 aliphatic rings. The summed E-state index contributed by atoms with van der Waals surface area (Å²) >= 11 is 1.77. The zero-order valence-electron chi connectivity index (χ0n) is 13.4. The molecule has 0 aromatic heterocycles. The molecule has 0 aliphatic carbocycles. The predicted molar refractivity (Wildman–Crippen MR) is 86.8 cm³/mol. The minimum Gasteiger partial charge on any atom is -0.481 e. The normalized spacial score (nSPS) is 19.1. The molecule has 21 heavy (non-hydrogen) atoms. The predicted octanol–water partition coefficient (Wildman–Crippen LogP) is 2.80. The lowest BCUT2D eigenvalue weighted by Gasteiger charge is -2.39. The van der Waals surface area contributed by atoms with Crippen molar-refractivity contribution in [3.63, 3.8) is 0 Å². The average molecular weight is 316 g/mol. The zero-order chi connectivity index (χ0) is 15.9. The molecular weight excluding hydrogens is 288 g/mol. The second-order valence-corrected chi connectivity index (χ2v) is 6.94. The van der Waals surface area contributed by atoms with Crippen molar-refractivity contribution in [1.29, 1.82) is 0 Å². The van der Waals surface area contributed by atoms with Crippen LogP contribution in [0.2, 0.25) is 0 Å². The van der Waals surface area contributed by atoms with Crippen LogP contribution in [-0.4, -0.2) is 53.1 Å². The van der Waals surface area contributed by atoms with Gasteiger partial charge in [0, 0.05) is 19.1 Å². The number of carboxylic acid groups (broad SMARTS) is 1. The van der Waals surface area contributed by atoms with Gasteiger partial charge in [-0.25, -0.2) is 4.79 Å². The van der Waals surface area contributed by atoms with E-state index in [-0.39, 0.29) is 12.1 Å². The standard InChI is InChI=1S/C15H28N2O3S/c1-4-6-15(13(18)19)7-9-17(10-8-15)14(20)16-12(2)5-11-21-3/h12H,4-11H2,1-3H3,(H,16,20)(H,18,19). The average Bonchev–Trinajstić information content (AvgIpc) is 2.45. The number of likely N-dealkylation sites (tertiary alicyclic amines) is 1. The fourth-order valence-electron chi connectivity index (χ4n) is 2.86. The molecule has 1 aliphatic heterocycles. The van der Waals surface area contributed by atoms with Crippen LogP contribution in [0.3, 0.4) is 0 Å². The summed E-state index contributed by atoms with van der Waals surface area (Å²) in [4.78, 5) is 25.4. The summed E-state index contributed by atoms with van der Waals surface area (Å²) in [6, 6.07) is 0.103. The van der Waals surface area contributed by atoms with Crippen LogP contribution in [0, 0.1) is 5.41 Å². The van der Waals surface area contributed by atoms with Crippen molar-refractivity contribution in [2.24, 2.45) is 5.41 Å². The summed E-state index contributed by atoms with van der Waals surface area (Å²) in [5.41, 5.74) is -0.629. The lowest BCUT2D eigenvalue weighted by atomic mass is 9.75. The summed E-state index contributed by atoms with van der Waals surface area (Å²) in [6.45, 7) is 5.09. The SMILES string of the molecule is CCCC1(C(=O)O)CCN(C(=O)NC(C)CCSC)CC1. The Morgan fingerprint density at radius 2 is 2.00 bits per heavy atom. The van der Waals surface area contributed by atoms with E-state index in [9.17, 15) is 14.7 Å². The van der Waals surface area contributed by atoms with Gasteiger partial charge in [0.2, 0.25) is 0 Å². The fourth-order valence-corrected chi connectivity index (χ4v) is 3.45. The molecular formula is C15H28N2O3S. The van der Waals surface area contributed by atoms with Gasteiger partial charge in [-0.2, -0.15) is 11.8 Å². The molecule has 1 heterocycles. The van der Waals surface area contributed by atoms with Crippen LogP contribution in [0.1, 0.15) is 46.0 Å². The third-order valence-corrected chi connectivity index (χ3v) is 4.96. The maximum Gasteiger partial charge on any atom is 0.317 e. The first-order valence-electron chi connectivity index (χ1n) is 7.73. The number of thioether (sulfide) groups is 1. The van der Waals surface area contributed by atoms with Gasteiger partial charge in [-0.1, -0.05) is 13.3 Å². The first-order valence-corrected chi connectivity index (χ1v) is 9.12. The van der Waals surface area contributed by atoms with E-state index in [4.69, 9.17) is 0 Å². The highest BCUT2D eigenvalue weighted by Gasteiger charge is 2.41. The molecule has 1 atom stereocenters. The van der Waals surface area contributed by atoms with E-state index in [0.29, 0.717) is 32.4 Å². The van der Waals surface area contributed by atoms with Crippen LogP contribution in [0.25, 0.3) is 0 Å². The molecule has 1 unspecified atom stereocenters. The minimum absolute atomic E-state index is 0.0564. The number of hydrogen-bond acceptors (Lipinski definition) is 3. The van der Waals surface area contributed by atoms with Crippen LogP contribution < -0.4 is 5.32 Å². The zero-order valence-corrected chi connectivity index (χ0v) is 14.2. The molecule has 2 amide bonds. The first kappa shape index (κ1) is 18.1. The summed E-state index contributed by atoms with van der Waals surface area (Å²) in [5, 5.41) is 12.5. The summed E-state index contributed by atoms with van der Waals surface area (Å²) < 4.78 is 0. The Kier molecular flexibility index (Phi) is 7.35. The van der Waals surface area contributed by atoms with Crippen molar-refractivity contribution >= 4 is 23.8 Å². The molecule has 1 saturated heterocycles. The third-order valence-electron chi connectivity index (χ3n) is 4.31. The Bertz CT molecular complexity index is 355. The van der Waals surface area contributed by atoms with Crippen LogP contribution in [0.4, 0.5) is 4.79 Å². The van der Waals surface area contributed by atoms with Gasteiger partial charge in [0.25, 0.3) is 0 Å². The molecule has 0 saturated carbocycles. The van der Waals surface area contributed by atoms with Gasteiger partial charge in [0.05, 0.1) is 5.41 Å². The lowest BCUT2D eigenvalue weighted by Crippen LogP contribution is -2.51. The number of aliphatic carboxylic acids is 1. The van der Waals surface area contributed by atoms with Crippen molar-refractivity contribution in [3.8, 4) is 0 Å². The van der Waals surface area contributed by atoms with E-state index in [0.717, 1.165) is 18.6 Å². The topological polar surface area (TPSA) is 69.6 Å². The van der Waals surface area contributed by atoms with Crippen LogP contribution in [0.15, 0.2) is 0 Å². The number of carboxylic acids is 1. The van der Waals surface area contributed by atoms with Gasteiger partial charge in [-0.15, -0.1) is 0 Å². The number of piperidine rings is 1. The Morgan fingerprint density at radius 1 is 1.38 bits per heavy atom. The van der Waals surface area contributed by atoms with E-state index in [1.807, 2.05) is 13.8 Å². The Balaban J connectivity index is 2.47. The number of hydrogen-bond donors (Lipinski definition) is 2. The number of nitrogens with zero attached hydrogens (tertiary/aromatic N) is 1. The van der Waals surface area contributed by atoms with Crippen LogP contribution >= 0.6 is 11.8 Å². The van der Waals surface area contributed by atoms with Crippen molar-refractivity contribution in [3.05, 3.63) is 0 Å². The number of carbonyl (C=O) groups is 2. The van der Waals surface area contributed by atoms with E-state index in [1.54, 1.807) is 16.7 Å². The molecule has 122 valence electrons. The summed E-state index contributed by atoms with van der Waals surface area (Å²) in [6.07, 6.45) is 5.69. The molecule has 1 fully saturated rings. The molecule has 5 nitrogen and oxygen atoms in total. The molecule has 0 aromatic carbocycles. The van der Waals surface area contributed by atoms with E-state index in [2.05, 4.69) is 11.6 Å². The summed E-state index contributed by atoms with van der Waals surface area (Å²) in [5.74, 6) is 0.317. The smallest absolute Gasteiger partial charge is 0.317 e. The van der Waals surface area contributed by atoms with E-state index in [1.165, 1.54) is 0 Å². The Morgan fingerprint density at radius 3 is 2.48 bits per heavy atom. The Labute approximate surface area is 131 Å². The van der Waals surface area contributed by atoms with Crippen molar-refractivity contribution in [1.82, 2.24) is 10.2 Å². The van der Waals surface area contributed by atoms with Gasteiger partial charge < -0.3 is 15.3 Å². The van der Waals surface area contributed by atoms with Crippen molar-refractivity contribution < 1.29 is 14.7 Å². The highest BCUT2D eigenvalue weighted by atomic mass is 32.2. The summed E-state index contributed by atoms with van der Waals surface area (Å²) in [7, 11) is 0.